The Morgan fingerprint density at radius 1 is 1.15 bits per heavy atom. The third kappa shape index (κ3) is 4.42. The second-order valence-corrected chi connectivity index (χ2v) is 11.3. The molecule has 3 aromatic heterocycles. The van der Waals surface area contributed by atoms with Gasteiger partial charge in [0.2, 0.25) is 5.13 Å². The lowest BCUT2D eigenvalue weighted by molar-refractivity contribution is 0.0688. The monoisotopic (exact) mass is 522 g/mol. The molecule has 0 amide bonds. The molecule has 172 valence electrons. The molecule has 4 aromatic rings. The lowest BCUT2D eigenvalue weighted by atomic mass is 10.0. The minimum Gasteiger partial charge on any atom is -0.476 e. The number of nitrogens with zero attached hydrogens (tertiary/aromatic N) is 4. The molecule has 0 unspecified atom stereocenters. The number of rotatable bonds is 6. The van der Waals surface area contributed by atoms with Gasteiger partial charge in [0.15, 0.2) is 5.69 Å². The van der Waals surface area contributed by atoms with Crippen molar-refractivity contribution in [3.8, 4) is 27.5 Å². The quantitative estimate of drug-likeness (QED) is 0.270. The number of thiazole rings is 1. The molecule has 0 saturated carbocycles. The summed E-state index contributed by atoms with van der Waals surface area (Å²) in [5, 5.41) is 20.3. The molecule has 11 heteroatoms. The van der Waals surface area contributed by atoms with Crippen molar-refractivity contribution in [2.24, 2.45) is 0 Å². The molecule has 0 fully saturated rings. The fraction of sp³-hybridized carbons (Fsp3) is 0.273. The SMILES string of the molecule is Cc1noc(C)c1-c1c(C)nn(-c2nc(-c3ccc(Cl)c(Cl)c3)c(SC(C)C)s2)c1C(=O)O. The summed E-state index contributed by atoms with van der Waals surface area (Å²) in [5.74, 6) is -0.584. The Balaban J connectivity index is 1.94. The zero-order valence-corrected chi connectivity index (χ0v) is 21.6. The van der Waals surface area contributed by atoms with E-state index in [0.717, 1.165) is 9.77 Å². The Morgan fingerprint density at radius 2 is 1.88 bits per heavy atom. The standard InChI is InChI=1S/C22H20Cl2N4O3S2/c1-9(2)32-21-18(13-6-7-14(23)15(24)8-13)25-22(33-21)28-19(20(29)30)17(10(3)26-28)16-11(4)27-31-12(16)5/h6-9H,1-5H3,(H,29,30). The number of hydrogen-bond donors (Lipinski definition) is 1. The number of benzene rings is 1. The Bertz CT molecular complexity index is 1350. The summed E-state index contributed by atoms with van der Waals surface area (Å²) in [6.45, 7) is 9.46. The van der Waals surface area contributed by atoms with E-state index in [1.165, 1.54) is 16.0 Å². The van der Waals surface area contributed by atoms with Gasteiger partial charge in [0.1, 0.15) is 5.76 Å². The molecular formula is C22H20Cl2N4O3S2. The first kappa shape index (κ1) is 23.8. The largest absolute Gasteiger partial charge is 0.476 e. The predicted molar refractivity (Wildman–Crippen MR) is 132 cm³/mol. The highest BCUT2D eigenvalue weighted by Crippen LogP contribution is 2.42. The first-order valence-electron chi connectivity index (χ1n) is 9.97. The van der Waals surface area contributed by atoms with Gasteiger partial charge in [-0.1, -0.05) is 59.6 Å². The third-order valence-corrected chi connectivity index (χ3v) is 7.83. The minimum absolute atomic E-state index is 0.0115. The maximum absolute atomic E-state index is 12.4. The fourth-order valence-corrected chi connectivity index (χ4v) is 6.28. The molecule has 0 radical (unpaired) electrons. The number of hydrogen-bond acceptors (Lipinski definition) is 7. The van der Waals surface area contributed by atoms with Crippen LogP contribution in [0.5, 0.6) is 0 Å². The molecule has 0 aliphatic rings. The van der Waals surface area contributed by atoms with Crippen LogP contribution in [-0.2, 0) is 0 Å². The fourth-order valence-electron chi connectivity index (χ4n) is 3.51. The highest BCUT2D eigenvalue weighted by molar-refractivity contribution is 8.01. The third-order valence-electron chi connectivity index (χ3n) is 4.85. The van der Waals surface area contributed by atoms with Crippen LogP contribution in [0.2, 0.25) is 10.0 Å². The van der Waals surface area contributed by atoms with E-state index in [4.69, 9.17) is 32.7 Å². The molecular weight excluding hydrogens is 503 g/mol. The smallest absolute Gasteiger partial charge is 0.355 e. The van der Waals surface area contributed by atoms with Gasteiger partial charge in [0.25, 0.3) is 0 Å². The van der Waals surface area contributed by atoms with Crippen LogP contribution in [0.3, 0.4) is 0 Å². The number of aromatic nitrogens is 4. The van der Waals surface area contributed by atoms with Gasteiger partial charge in [0.05, 0.1) is 36.9 Å². The van der Waals surface area contributed by atoms with E-state index in [2.05, 4.69) is 24.1 Å². The molecule has 0 aliphatic heterocycles. The Labute approximate surface area is 208 Å². The van der Waals surface area contributed by atoms with Gasteiger partial charge in [0, 0.05) is 16.4 Å². The van der Waals surface area contributed by atoms with Gasteiger partial charge < -0.3 is 9.63 Å². The van der Waals surface area contributed by atoms with Crippen molar-refractivity contribution >= 4 is 52.3 Å². The first-order chi connectivity index (χ1) is 15.6. The highest BCUT2D eigenvalue weighted by Gasteiger charge is 2.29. The Hall–Kier alpha value is -2.33. The maximum atomic E-state index is 12.4. The van der Waals surface area contributed by atoms with Crippen molar-refractivity contribution in [2.75, 3.05) is 0 Å². The summed E-state index contributed by atoms with van der Waals surface area (Å²) in [5.41, 5.74) is 3.77. The molecule has 1 N–H and O–H groups in total. The van der Waals surface area contributed by atoms with Crippen LogP contribution in [0.1, 0.15) is 41.5 Å². The van der Waals surface area contributed by atoms with Crippen LogP contribution < -0.4 is 0 Å². The summed E-state index contributed by atoms with van der Waals surface area (Å²) >= 11 is 15.4. The molecule has 33 heavy (non-hydrogen) atoms. The molecule has 4 rings (SSSR count). The van der Waals surface area contributed by atoms with Crippen molar-refractivity contribution in [3.05, 3.63) is 51.1 Å². The molecule has 1 aromatic carbocycles. The van der Waals surface area contributed by atoms with Gasteiger partial charge in [-0.15, -0.1) is 11.8 Å². The molecule has 0 aliphatic carbocycles. The summed E-state index contributed by atoms with van der Waals surface area (Å²) in [7, 11) is 0. The second kappa shape index (κ2) is 9.13. The zero-order chi connectivity index (χ0) is 24.0. The first-order valence-corrected chi connectivity index (χ1v) is 12.4. The van der Waals surface area contributed by atoms with Crippen molar-refractivity contribution in [1.29, 1.82) is 0 Å². The predicted octanol–water partition coefficient (Wildman–Crippen LogP) is 7.08. The Morgan fingerprint density at radius 3 is 2.45 bits per heavy atom. The molecule has 7 nitrogen and oxygen atoms in total. The minimum atomic E-state index is -1.12. The summed E-state index contributed by atoms with van der Waals surface area (Å²) in [4.78, 5) is 17.2. The topological polar surface area (TPSA) is 94.0 Å². The average Bonchev–Trinajstić information content (AvgIpc) is 3.39. The van der Waals surface area contributed by atoms with Crippen molar-refractivity contribution in [3.63, 3.8) is 0 Å². The van der Waals surface area contributed by atoms with E-state index in [-0.39, 0.29) is 10.9 Å². The van der Waals surface area contributed by atoms with E-state index < -0.39 is 5.97 Å². The van der Waals surface area contributed by atoms with Gasteiger partial charge in [-0.3, -0.25) is 0 Å². The van der Waals surface area contributed by atoms with Crippen molar-refractivity contribution in [2.45, 2.75) is 44.1 Å². The maximum Gasteiger partial charge on any atom is 0.355 e. The Kier molecular flexibility index (Phi) is 6.59. The second-order valence-electron chi connectivity index (χ2n) is 7.65. The molecule has 0 saturated heterocycles. The summed E-state index contributed by atoms with van der Waals surface area (Å²) < 4.78 is 7.60. The normalized spacial score (nSPS) is 11.5. The van der Waals surface area contributed by atoms with Gasteiger partial charge >= 0.3 is 5.97 Å². The van der Waals surface area contributed by atoms with Crippen LogP contribution in [-0.4, -0.2) is 36.2 Å². The summed E-state index contributed by atoms with van der Waals surface area (Å²) in [6, 6.07) is 5.33. The number of thioether (sulfide) groups is 1. The highest BCUT2D eigenvalue weighted by atomic mass is 35.5. The van der Waals surface area contributed by atoms with E-state index in [1.54, 1.807) is 44.7 Å². The van der Waals surface area contributed by atoms with Crippen molar-refractivity contribution in [1.82, 2.24) is 19.9 Å². The van der Waals surface area contributed by atoms with Crippen LogP contribution in [0, 0.1) is 20.8 Å². The van der Waals surface area contributed by atoms with Crippen LogP contribution >= 0.6 is 46.3 Å². The van der Waals surface area contributed by atoms with E-state index in [9.17, 15) is 9.90 Å². The number of carboxylic acid groups (broad SMARTS) is 1. The summed E-state index contributed by atoms with van der Waals surface area (Å²) in [6.07, 6.45) is 0. The molecule has 0 spiro atoms. The van der Waals surface area contributed by atoms with Crippen LogP contribution in [0.15, 0.2) is 26.9 Å². The number of aryl methyl sites for hydroxylation is 3. The number of carbonyl (C=O) groups is 1. The zero-order valence-electron chi connectivity index (χ0n) is 18.4. The molecule has 3 heterocycles. The van der Waals surface area contributed by atoms with Crippen LogP contribution in [0.4, 0.5) is 0 Å². The van der Waals surface area contributed by atoms with Gasteiger partial charge in [-0.25, -0.2) is 9.78 Å². The lowest BCUT2D eigenvalue weighted by Gasteiger charge is -2.05. The average molecular weight is 523 g/mol. The number of halogens is 2. The molecule has 0 bridgehead atoms. The van der Waals surface area contributed by atoms with E-state index >= 15 is 0 Å². The van der Waals surface area contributed by atoms with Crippen LogP contribution in [0.25, 0.3) is 27.5 Å². The number of aromatic carboxylic acids is 1. The number of carboxylic acids is 1. The van der Waals surface area contributed by atoms with Gasteiger partial charge in [-0.2, -0.15) is 9.78 Å². The van der Waals surface area contributed by atoms with E-state index in [0.29, 0.717) is 49.1 Å². The lowest BCUT2D eigenvalue weighted by Crippen LogP contribution is -2.09. The van der Waals surface area contributed by atoms with E-state index in [1.807, 2.05) is 6.07 Å². The van der Waals surface area contributed by atoms with Crippen molar-refractivity contribution < 1.29 is 14.4 Å². The van der Waals surface area contributed by atoms with Gasteiger partial charge in [-0.05, 0) is 32.9 Å². The molecule has 0 atom stereocenters.